The highest BCUT2D eigenvalue weighted by Crippen LogP contribution is 2.58. The van der Waals surface area contributed by atoms with Gasteiger partial charge in [0.05, 0.1) is 6.54 Å². The normalized spacial score (nSPS) is 23.4. The van der Waals surface area contributed by atoms with Crippen LogP contribution in [0.15, 0.2) is 41.8 Å². The van der Waals surface area contributed by atoms with Crippen molar-refractivity contribution >= 4 is 29.0 Å². The summed E-state index contributed by atoms with van der Waals surface area (Å²) >= 11 is 1.65. The van der Waals surface area contributed by atoms with E-state index in [1.165, 1.54) is 10.4 Å². The number of carbonyl (C=O) groups excluding carboxylic acids is 2. The molecule has 4 rings (SSSR count). The second kappa shape index (κ2) is 7.35. The van der Waals surface area contributed by atoms with Crippen LogP contribution in [-0.4, -0.2) is 29.9 Å². The van der Waals surface area contributed by atoms with Gasteiger partial charge in [-0.25, -0.2) is 4.79 Å². The molecule has 2 heterocycles. The van der Waals surface area contributed by atoms with Gasteiger partial charge in [-0.1, -0.05) is 25.1 Å². The Morgan fingerprint density at radius 1 is 1.30 bits per heavy atom. The first-order valence-electron chi connectivity index (χ1n) is 9.54. The van der Waals surface area contributed by atoms with Gasteiger partial charge < -0.3 is 15.5 Å². The lowest BCUT2D eigenvalue weighted by atomic mass is 10.0. The Kier molecular flexibility index (Phi) is 4.91. The molecule has 6 heteroatoms. The topological polar surface area (TPSA) is 61.4 Å². The molecule has 2 atom stereocenters. The number of aryl methyl sites for hydroxylation is 1. The Balaban J connectivity index is 1.29. The highest BCUT2D eigenvalue weighted by atomic mass is 32.1. The number of amides is 3. The van der Waals surface area contributed by atoms with Gasteiger partial charge in [-0.05, 0) is 48.4 Å². The number of rotatable bonds is 5. The molecule has 1 aromatic heterocycles. The van der Waals surface area contributed by atoms with Gasteiger partial charge >= 0.3 is 6.03 Å². The van der Waals surface area contributed by atoms with Crippen molar-refractivity contribution in [3.8, 4) is 0 Å². The zero-order valence-electron chi connectivity index (χ0n) is 15.5. The van der Waals surface area contributed by atoms with Crippen molar-refractivity contribution < 1.29 is 9.59 Å². The van der Waals surface area contributed by atoms with Crippen molar-refractivity contribution in [1.82, 2.24) is 10.2 Å². The molecule has 0 radical (unpaired) electrons. The molecule has 2 N–H and O–H groups in total. The summed E-state index contributed by atoms with van der Waals surface area (Å²) < 4.78 is 0. The van der Waals surface area contributed by atoms with Gasteiger partial charge in [0.1, 0.15) is 0 Å². The quantitative estimate of drug-likeness (QED) is 0.823. The average Bonchev–Trinajstić information content (AvgIpc) is 3.02. The van der Waals surface area contributed by atoms with E-state index in [1.54, 1.807) is 11.3 Å². The summed E-state index contributed by atoms with van der Waals surface area (Å²) in [5.41, 5.74) is 2.03. The lowest BCUT2D eigenvalue weighted by Gasteiger charge is -2.18. The van der Waals surface area contributed by atoms with Gasteiger partial charge in [0.15, 0.2) is 0 Å². The molecule has 142 valence electrons. The van der Waals surface area contributed by atoms with E-state index < -0.39 is 0 Å². The molecule has 1 aromatic carbocycles. The van der Waals surface area contributed by atoms with Crippen molar-refractivity contribution in [2.24, 2.45) is 11.3 Å². The van der Waals surface area contributed by atoms with Crippen LogP contribution in [0, 0.1) is 11.3 Å². The molecule has 0 unspecified atom stereocenters. The number of hydrogen-bond donors (Lipinski definition) is 2. The van der Waals surface area contributed by atoms with Crippen LogP contribution >= 0.6 is 11.3 Å². The maximum absolute atomic E-state index is 12.6. The third kappa shape index (κ3) is 3.86. The number of nitrogens with one attached hydrogen (secondary N) is 2. The number of anilines is 1. The van der Waals surface area contributed by atoms with E-state index in [0.717, 1.165) is 24.9 Å². The third-order valence-corrected chi connectivity index (χ3v) is 6.66. The summed E-state index contributed by atoms with van der Waals surface area (Å²) in [5.74, 6) is 0.167. The zero-order valence-corrected chi connectivity index (χ0v) is 16.3. The van der Waals surface area contributed by atoms with Gasteiger partial charge in [-0.2, -0.15) is 0 Å². The van der Waals surface area contributed by atoms with Crippen LogP contribution in [0.3, 0.4) is 0 Å². The largest absolute Gasteiger partial charge is 0.351 e. The molecule has 3 amide bonds. The Morgan fingerprint density at radius 3 is 2.96 bits per heavy atom. The van der Waals surface area contributed by atoms with Crippen LogP contribution in [0.2, 0.25) is 0 Å². The number of nitrogens with zero attached hydrogens (tertiary/aromatic N) is 1. The fraction of sp³-hybridized carbons (Fsp3) is 0.429. The van der Waals surface area contributed by atoms with Crippen molar-refractivity contribution in [3.05, 3.63) is 52.2 Å². The molecule has 2 fully saturated rings. The molecule has 0 bridgehead atoms. The number of urea groups is 1. The van der Waals surface area contributed by atoms with Crippen molar-refractivity contribution in [2.75, 3.05) is 18.4 Å². The highest BCUT2D eigenvalue weighted by Gasteiger charge is 2.61. The van der Waals surface area contributed by atoms with E-state index in [9.17, 15) is 9.59 Å². The molecule has 1 saturated carbocycles. The van der Waals surface area contributed by atoms with Gasteiger partial charge in [-0.15, -0.1) is 11.3 Å². The minimum absolute atomic E-state index is 0.0118. The van der Waals surface area contributed by atoms with Crippen LogP contribution in [-0.2, 0) is 17.8 Å². The summed E-state index contributed by atoms with van der Waals surface area (Å²) in [5, 5.41) is 8.06. The summed E-state index contributed by atoms with van der Waals surface area (Å²) in [6.07, 6.45) is 2.74. The monoisotopic (exact) mass is 383 g/mol. The number of benzene rings is 1. The second-order valence-electron chi connectivity index (χ2n) is 7.57. The van der Waals surface area contributed by atoms with Crippen LogP contribution in [0.25, 0.3) is 0 Å². The lowest BCUT2D eigenvalue weighted by Crippen LogP contribution is -2.34. The Morgan fingerprint density at radius 2 is 2.19 bits per heavy atom. The molecular weight excluding hydrogens is 358 g/mol. The minimum Gasteiger partial charge on any atom is -0.351 e. The Hall–Kier alpha value is -2.34. The lowest BCUT2D eigenvalue weighted by molar-refractivity contribution is -0.123. The molecule has 2 aliphatic rings. The number of hydrogen-bond acceptors (Lipinski definition) is 3. The summed E-state index contributed by atoms with van der Waals surface area (Å²) in [6.45, 7) is 4.08. The predicted octanol–water partition coefficient (Wildman–Crippen LogP) is 3.87. The van der Waals surface area contributed by atoms with E-state index in [2.05, 4.69) is 23.6 Å². The molecule has 1 saturated heterocycles. The molecule has 1 aliphatic carbocycles. The standard InChI is InChI=1S/C21H25N3O2S/c1-2-15-5-3-6-16(11-15)23-20(26)24-9-8-21(14-24)12-18(21)19(25)22-13-17-7-4-10-27-17/h3-7,10-11,18H,2,8-9,12-14H2,1H3,(H,22,25)(H,23,26)/t18-,21+/m1/s1. The fourth-order valence-corrected chi connectivity index (χ4v) is 4.67. The maximum Gasteiger partial charge on any atom is 0.321 e. The molecule has 5 nitrogen and oxygen atoms in total. The van der Waals surface area contributed by atoms with Crippen molar-refractivity contribution in [3.63, 3.8) is 0 Å². The minimum atomic E-state index is -0.0650. The highest BCUT2D eigenvalue weighted by molar-refractivity contribution is 7.09. The zero-order chi connectivity index (χ0) is 18.9. The summed E-state index contributed by atoms with van der Waals surface area (Å²) in [6, 6.07) is 11.9. The number of carbonyl (C=O) groups is 2. The molecular formula is C21H25N3O2S. The molecule has 1 spiro atoms. The van der Waals surface area contributed by atoms with Crippen molar-refractivity contribution in [1.29, 1.82) is 0 Å². The SMILES string of the molecule is CCc1cccc(NC(=O)N2CC[C@]3(C[C@@H]3C(=O)NCc3cccs3)C2)c1. The maximum atomic E-state index is 12.6. The Bertz CT molecular complexity index is 836. The smallest absolute Gasteiger partial charge is 0.321 e. The third-order valence-electron chi connectivity index (χ3n) is 5.78. The van der Waals surface area contributed by atoms with Crippen LogP contribution in [0.4, 0.5) is 10.5 Å². The van der Waals surface area contributed by atoms with Crippen LogP contribution in [0.1, 0.15) is 30.2 Å². The first kappa shape index (κ1) is 18.0. The summed E-state index contributed by atoms with van der Waals surface area (Å²) in [7, 11) is 0. The van der Waals surface area contributed by atoms with Crippen molar-refractivity contribution in [2.45, 2.75) is 32.7 Å². The van der Waals surface area contributed by atoms with E-state index in [1.807, 2.05) is 40.6 Å². The van der Waals surface area contributed by atoms with E-state index in [-0.39, 0.29) is 23.3 Å². The molecule has 1 aliphatic heterocycles. The van der Waals surface area contributed by atoms with Crippen LogP contribution < -0.4 is 10.6 Å². The van der Waals surface area contributed by atoms with E-state index in [4.69, 9.17) is 0 Å². The predicted molar refractivity (Wildman–Crippen MR) is 108 cm³/mol. The van der Waals surface area contributed by atoms with Gasteiger partial charge in [-0.3, -0.25) is 4.79 Å². The number of thiophene rings is 1. The Labute approximate surface area is 163 Å². The second-order valence-corrected chi connectivity index (χ2v) is 8.60. The van der Waals surface area contributed by atoms with Gasteiger partial charge in [0.2, 0.25) is 5.91 Å². The van der Waals surface area contributed by atoms with E-state index in [0.29, 0.717) is 19.6 Å². The van der Waals surface area contributed by atoms with Gasteiger partial charge in [0, 0.05) is 35.0 Å². The van der Waals surface area contributed by atoms with E-state index >= 15 is 0 Å². The summed E-state index contributed by atoms with van der Waals surface area (Å²) in [4.78, 5) is 28.1. The van der Waals surface area contributed by atoms with Gasteiger partial charge in [0.25, 0.3) is 0 Å². The first-order chi connectivity index (χ1) is 13.1. The first-order valence-corrected chi connectivity index (χ1v) is 10.4. The molecule has 27 heavy (non-hydrogen) atoms. The average molecular weight is 384 g/mol. The number of likely N-dealkylation sites (tertiary alicyclic amines) is 1. The fourth-order valence-electron chi connectivity index (χ4n) is 4.02. The van der Waals surface area contributed by atoms with Crippen LogP contribution in [0.5, 0.6) is 0 Å². The molecule has 2 aromatic rings.